The minimum absolute atomic E-state index is 0.0357. The van der Waals surface area contributed by atoms with Crippen molar-refractivity contribution in [1.29, 1.82) is 5.26 Å². The van der Waals surface area contributed by atoms with Crippen molar-refractivity contribution in [2.24, 2.45) is 0 Å². The van der Waals surface area contributed by atoms with E-state index in [0.717, 1.165) is 6.07 Å². The van der Waals surface area contributed by atoms with Crippen LogP contribution in [-0.4, -0.2) is 18.4 Å². The van der Waals surface area contributed by atoms with E-state index in [1.807, 2.05) is 0 Å². The summed E-state index contributed by atoms with van der Waals surface area (Å²) in [6, 6.07) is 6.71. The Kier molecular flexibility index (Phi) is 3.85. The molecule has 3 rings (SSSR count). The second-order valence-corrected chi connectivity index (χ2v) is 7.08. The second-order valence-electron chi connectivity index (χ2n) is 4.50. The zero-order chi connectivity index (χ0) is 16.4. The van der Waals surface area contributed by atoms with Crippen LogP contribution < -0.4 is 4.72 Å². The van der Waals surface area contributed by atoms with Crippen molar-refractivity contribution in [1.82, 2.24) is 9.97 Å². The number of hydrogen-bond donors (Lipinski definition) is 2. The van der Waals surface area contributed by atoms with Crippen LogP contribution in [0.15, 0.2) is 46.9 Å². The monoisotopic (exact) mass is 348 g/mol. The number of aromatic amines is 1. The fourth-order valence-electron chi connectivity index (χ4n) is 1.88. The Bertz CT molecular complexity index is 988. The van der Waals surface area contributed by atoms with Crippen LogP contribution in [0.2, 0.25) is 0 Å². The Morgan fingerprint density at radius 1 is 1.35 bits per heavy atom. The van der Waals surface area contributed by atoms with Crippen molar-refractivity contribution < 1.29 is 12.8 Å². The first-order valence-corrected chi connectivity index (χ1v) is 8.66. The van der Waals surface area contributed by atoms with E-state index in [2.05, 4.69) is 14.7 Å². The molecule has 0 aliphatic rings. The molecule has 0 unspecified atom stereocenters. The van der Waals surface area contributed by atoms with E-state index in [1.165, 1.54) is 35.7 Å². The van der Waals surface area contributed by atoms with Gasteiger partial charge in [0.2, 0.25) is 0 Å². The molecule has 116 valence electrons. The topological polar surface area (TPSA) is 98.6 Å². The molecule has 9 heteroatoms. The summed E-state index contributed by atoms with van der Waals surface area (Å²) in [6.07, 6.45) is 2.92. The third-order valence-corrected chi connectivity index (χ3v) is 5.12. The molecule has 0 saturated carbocycles. The molecule has 2 N–H and O–H groups in total. The van der Waals surface area contributed by atoms with Gasteiger partial charge >= 0.3 is 0 Å². The quantitative estimate of drug-likeness (QED) is 0.757. The van der Waals surface area contributed by atoms with Crippen LogP contribution in [0.4, 0.5) is 10.1 Å². The van der Waals surface area contributed by atoms with Crippen molar-refractivity contribution in [3.8, 4) is 16.8 Å². The van der Waals surface area contributed by atoms with Crippen molar-refractivity contribution in [3.63, 3.8) is 0 Å². The number of nitrogens with one attached hydrogen (secondary N) is 2. The molecule has 2 heterocycles. The van der Waals surface area contributed by atoms with Gasteiger partial charge in [-0.1, -0.05) is 0 Å². The lowest BCUT2D eigenvalue weighted by Crippen LogP contribution is -2.13. The van der Waals surface area contributed by atoms with E-state index in [0.29, 0.717) is 10.7 Å². The highest BCUT2D eigenvalue weighted by molar-refractivity contribution is 7.92. The lowest BCUT2D eigenvalue weighted by molar-refractivity contribution is 0.598. The number of aromatic nitrogens is 2. The number of rotatable bonds is 4. The van der Waals surface area contributed by atoms with Crippen molar-refractivity contribution >= 4 is 27.0 Å². The average molecular weight is 348 g/mol. The normalized spacial score (nSPS) is 11.1. The number of benzene rings is 1. The Hall–Kier alpha value is -2.70. The molecular weight excluding hydrogens is 339 g/mol. The Morgan fingerprint density at radius 3 is 2.83 bits per heavy atom. The summed E-state index contributed by atoms with van der Waals surface area (Å²) in [5.74, 6) is -0.816. The van der Waals surface area contributed by atoms with E-state index < -0.39 is 15.8 Å². The smallest absolute Gasteiger partial charge is 0.263 e. The van der Waals surface area contributed by atoms with Gasteiger partial charge in [0, 0.05) is 17.8 Å². The van der Waals surface area contributed by atoms with Crippen molar-refractivity contribution in [2.45, 2.75) is 4.90 Å². The maximum absolute atomic E-state index is 13.8. The summed E-state index contributed by atoms with van der Waals surface area (Å²) in [7, 11) is -3.95. The van der Waals surface area contributed by atoms with Gasteiger partial charge in [-0.25, -0.2) is 17.8 Å². The Labute approximate surface area is 135 Å². The summed E-state index contributed by atoms with van der Waals surface area (Å²) in [6.45, 7) is 0. The molecule has 1 aromatic carbocycles. The standard InChI is InChI=1S/C14H9FN4O2S2/c15-11-5-9(7-16)1-2-12(11)19-23(20,21)10-6-13(18-8-10)14-17-3-4-22-14/h1-6,8,18-19H. The number of H-pyrrole nitrogens is 1. The summed E-state index contributed by atoms with van der Waals surface area (Å²) in [5.41, 5.74) is 0.444. The van der Waals surface area contributed by atoms with Crippen molar-refractivity contribution in [2.75, 3.05) is 4.72 Å². The largest absolute Gasteiger partial charge is 0.358 e. The molecule has 23 heavy (non-hydrogen) atoms. The lowest BCUT2D eigenvalue weighted by atomic mass is 10.2. The molecule has 0 aliphatic heterocycles. The maximum atomic E-state index is 13.8. The highest BCUT2D eigenvalue weighted by Crippen LogP contribution is 2.25. The van der Waals surface area contributed by atoms with Gasteiger partial charge in [0.1, 0.15) is 15.7 Å². The predicted molar refractivity (Wildman–Crippen MR) is 83.8 cm³/mol. The number of anilines is 1. The molecule has 0 radical (unpaired) electrons. The maximum Gasteiger partial charge on any atom is 0.263 e. The molecule has 6 nitrogen and oxygen atoms in total. The third-order valence-electron chi connectivity index (χ3n) is 2.97. The number of sulfonamides is 1. The first kappa shape index (κ1) is 15.2. The molecule has 0 atom stereocenters. The van der Waals surface area contributed by atoms with E-state index in [4.69, 9.17) is 5.26 Å². The van der Waals surface area contributed by atoms with Gasteiger partial charge < -0.3 is 4.98 Å². The highest BCUT2D eigenvalue weighted by Gasteiger charge is 2.19. The minimum atomic E-state index is -3.95. The average Bonchev–Trinajstić information content (AvgIpc) is 3.20. The van der Waals surface area contributed by atoms with Gasteiger partial charge in [-0.15, -0.1) is 11.3 Å². The molecule has 0 bridgehead atoms. The second kappa shape index (κ2) is 5.83. The van der Waals surface area contributed by atoms with Gasteiger partial charge in [-0.05, 0) is 24.3 Å². The van der Waals surface area contributed by atoms with Crippen LogP contribution in [0.1, 0.15) is 5.56 Å². The summed E-state index contributed by atoms with van der Waals surface area (Å²) in [4.78, 5) is 6.87. The number of nitriles is 1. The van der Waals surface area contributed by atoms with Gasteiger partial charge in [0.25, 0.3) is 10.0 Å². The molecule has 0 aliphatic carbocycles. The van der Waals surface area contributed by atoms with Crippen LogP contribution in [-0.2, 0) is 10.0 Å². The van der Waals surface area contributed by atoms with Crippen LogP contribution in [0.25, 0.3) is 10.7 Å². The van der Waals surface area contributed by atoms with E-state index >= 15 is 0 Å². The van der Waals surface area contributed by atoms with Crippen LogP contribution in [0.3, 0.4) is 0 Å². The van der Waals surface area contributed by atoms with Gasteiger partial charge in [-0.2, -0.15) is 5.26 Å². The van der Waals surface area contributed by atoms with E-state index in [9.17, 15) is 12.8 Å². The van der Waals surface area contributed by atoms with Crippen LogP contribution >= 0.6 is 11.3 Å². The summed E-state index contributed by atoms with van der Waals surface area (Å²) >= 11 is 1.36. The zero-order valence-corrected chi connectivity index (χ0v) is 13.1. The van der Waals surface area contributed by atoms with Gasteiger partial charge in [0.15, 0.2) is 0 Å². The van der Waals surface area contributed by atoms with Crippen molar-refractivity contribution in [3.05, 3.63) is 53.4 Å². The van der Waals surface area contributed by atoms with Crippen LogP contribution in [0.5, 0.6) is 0 Å². The number of halogens is 1. The fourth-order valence-corrected chi connectivity index (χ4v) is 3.56. The molecule has 2 aromatic heterocycles. The lowest BCUT2D eigenvalue weighted by Gasteiger charge is -2.07. The van der Waals surface area contributed by atoms with E-state index in [-0.39, 0.29) is 16.1 Å². The third kappa shape index (κ3) is 3.08. The SMILES string of the molecule is N#Cc1ccc(NS(=O)(=O)c2c[nH]c(-c3nccs3)c2)c(F)c1. The number of thiazole rings is 1. The molecule has 3 aromatic rings. The highest BCUT2D eigenvalue weighted by atomic mass is 32.2. The minimum Gasteiger partial charge on any atom is -0.358 e. The molecule has 0 fully saturated rings. The van der Waals surface area contributed by atoms with Gasteiger partial charge in [0.05, 0.1) is 23.0 Å². The summed E-state index contributed by atoms with van der Waals surface area (Å²) in [5, 5.41) is 11.1. The predicted octanol–water partition coefficient (Wildman–Crippen LogP) is 2.95. The van der Waals surface area contributed by atoms with Gasteiger partial charge in [-0.3, -0.25) is 4.72 Å². The first-order valence-electron chi connectivity index (χ1n) is 6.30. The molecule has 0 amide bonds. The molecule has 0 spiro atoms. The van der Waals surface area contributed by atoms with E-state index in [1.54, 1.807) is 17.6 Å². The number of nitrogens with zero attached hydrogens (tertiary/aromatic N) is 2. The fraction of sp³-hybridized carbons (Fsp3) is 0. The molecule has 0 saturated heterocycles. The zero-order valence-electron chi connectivity index (χ0n) is 11.4. The Balaban J connectivity index is 1.89. The molecular formula is C14H9FN4O2S2. The first-order chi connectivity index (χ1) is 11.0. The van der Waals surface area contributed by atoms with Crippen LogP contribution in [0, 0.1) is 17.1 Å². The summed E-state index contributed by atoms with van der Waals surface area (Å²) < 4.78 is 40.6. The number of hydrogen-bond acceptors (Lipinski definition) is 5. The Morgan fingerprint density at radius 2 is 2.17 bits per heavy atom.